The van der Waals surface area contributed by atoms with E-state index in [2.05, 4.69) is 231 Å². The Morgan fingerprint density at radius 2 is 0.953 bits per heavy atom. The van der Waals surface area contributed by atoms with Crippen molar-refractivity contribution in [2.75, 3.05) is 9.80 Å². The van der Waals surface area contributed by atoms with E-state index >= 15 is 0 Å². The van der Waals surface area contributed by atoms with Crippen LogP contribution in [0.4, 0.5) is 34.1 Å². The number of rotatable bonds is 18. The number of hydrogen-bond donors (Lipinski definition) is 0. The maximum absolute atomic E-state index is 13.2. The monoisotopic (exact) mass is 892 g/mol. The molecule has 0 spiro atoms. The lowest BCUT2D eigenvalue weighted by molar-refractivity contribution is 0.233. The van der Waals surface area contributed by atoms with Crippen molar-refractivity contribution in [3.63, 3.8) is 0 Å². The quantitative estimate of drug-likeness (QED) is 0.0803. The van der Waals surface area contributed by atoms with Gasteiger partial charge in [0, 0.05) is 39.2 Å². The molecule has 0 N–H and O–H groups in total. The minimum Gasteiger partial charge on any atom is -0.491 e. The van der Waals surface area contributed by atoms with Crippen molar-refractivity contribution in [2.24, 2.45) is 0 Å². The van der Waals surface area contributed by atoms with Crippen molar-refractivity contribution < 1.29 is 13.3 Å². The molecule has 8 aromatic rings. The third-order valence-electron chi connectivity index (χ3n) is 12.0. The lowest BCUT2D eigenvalue weighted by atomic mass is 10.0. The fourth-order valence-corrected chi connectivity index (χ4v) is 22.3. The molecular weight excluding hydrogens is 833 g/mol. The van der Waals surface area contributed by atoms with Gasteiger partial charge in [-0.1, -0.05) is 142 Å². The van der Waals surface area contributed by atoms with Crippen molar-refractivity contribution in [1.82, 2.24) is 0 Å². The van der Waals surface area contributed by atoms with Gasteiger partial charge in [0.2, 0.25) is 8.32 Å². The van der Waals surface area contributed by atoms with Crippen molar-refractivity contribution >= 4 is 81.0 Å². The normalized spacial score (nSPS) is 13.0. The SMILES string of the molecule is CCCCC(Oc1ccc(N(c2ccc(-c3ccc(N(c4ccccc4)c4cccc5ccccc45)cc3)cc2)c2cccc3ccccc23)cc1)[Si](C)(C[Si](=O)CC)O[Si](C)(C)C. The Morgan fingerprint density at radius 3 is 1.42 bits per heavy atom. The zero-order valence-corrected chi connectivity index (χ0v) is 41.1. The first kappa shape index (κ1) is 44.7. The molecule has 0 amide bonds. The third-order valence-corrected chi connectivity index (χ3v) is 23.2. The molecule has 8 heteroatoms. The maximum Gasteiger partial charge on any atom is 0.275 e. The van der Waals surface area contributed by atoms with E-state index in [-0.39, 0.29) is 5.73 Å². The lowest BCUT2D eigenvalue weighted by Crippen LogP contribution is -2.57. The van der Waals surface area contributed by atoms with Gasteiger partial charge in [-0.3, -0.25) is 0 Å². The van der Waals surface area contributed by atoms with E-state index < -0.39 is 25.3 Å². The minimum atomic E-state index is -2.51. The van der Waals surface area contributed by atoms with Crippen LogP contribution in [0.2, 0.25) is 37.9 Å². The van der Waals surface area contributed by atoms with Crippen LogP contribution < -0.4 is 14.5 Å². The number of unbranched alkanes of at least 4 members (excludes halogenated alkanes) is 1. The van der Waals surface area contributed by atoms with Crippen LogP contribution in [-0.2, 0) is 8.58 Å². The summed E-state index contributed by atoms with van der Waals surface area (Å²) in [6.07, 6.45) is 3.01. The Hall–Kier alpha value is -5.91. The molecule has 8 rings (SSSR count). The van der Waals surface area contributed by atoms with Gasteiger partial charge in [-0.15, -0.1) is 0 Å². The second kappa shape index (κ2) is 19.9. The molecule has 8 aromatic carbocycles. The van der Waals surface area contributed by atoms with Crippen LogP contribution >= 0.6 is 0 Å². The third kappa shape index (κ3) is 10.2. The van der Waals surface area contributed by atoms with E-state index in [1.54, 1.807) is 0 Å². The van der Waals surface area contributed by atoms with Gasteiger partial charge in [0.25, 0.3) is 8.68 Å². The molecule has 5 nitrogen and oxygen atoms in total. The minimum absolute atomic E-state index is 0.0825. The molecule has 0 heterocycles. The molecule has 0 radical (unpaired) electrons. The molecular formula is C56H60N2O3Si3. The highest BCUT2D eigenvalue weighted by Crippen LogP contribution is 2.42. The summed E-state index contributed by atoms with van der Waals surface area (Å²) in [7, 11) is -6.19. The molecule has 0 bridgehead atoms. The number of ether oxygens (including phenoxy) is 1. The van der Waals surface area contributed by atoms with Gasteiger partial charge in [-0.05, 0) is 133 Å². The standard InChI is InChI=1S/C56H60N2O3Si3/c1-7-9-29-56(64(6,42-62(59)8-2)61-63(3,4)5)60-51-40-38-50(39-41-51)58(55-28-18-22-46-20-14-16-26-53(46)55)49-36-32-44(33-37-49)43-30-34-48(35-31-43)57(47-23-11-10-12-24-47)54-27-17-21-45-19-13-15-25-52(45)54/h10-28,30-41,56H,7-9,29,42H2,1-6H3. The Kier molecular flexibility index (Phi) is 13.9. The van der Waals surface area contributed by atoms with E-state index in [4.69, 9.17) is 8.85 Å². The highest BCUT2D eigenvalue weighted by molar-refractivity contribution is 6.90. The number of para-hydroxylation sites is 1. The molecule has 324 valence electrons. The van der Waals surface area contributed by atoms with Gasteiger partial charge in [-0.25, -0.2) is 0 Å². The Labute approximate surface area is 383 Å². The smallest absolute Gasteiger partial charge is 0.275 e. The van der Waals surface area contributed by atoms with Crippen LogP contribution in [0.3, 0.4) is 0 Å². The van der Waals surface area contributed by atoms with Crippen LogP contribution in [0.25, 0.3) is 32.7 Å². The molecule has 0 aliphatic rings. The van der Waals surface area contributed by atoms with Gasteiger partial charge in [0.15, 0.2) is 8.32 Å². The van der Waals surface area contributed by atoms with Crippen LogP contribution in [0.1, 0.15) is 33.1 Å². The first-order valence-corrected chi connectivity index (χ1v) is 30.8. The number of nitrogens with zero attached hydrogens (tertiary/aromatic N) is 2. The number of fused-ring (bicyclic) bond motifs is 2. The molecule has 0 aliphatic carbocycles. The van der Waals surface area contributed by atoms with Gasteiger partial charge >= 0.3 is 0 Å². The van der Waals surface area contributed by atoms with Crippen LogP contribution in [-0.4, -0.2) is 31.0 Å². The van der Waals surface area contributed by atoms with E-state index in [9.17, 15) is 4.46 Å². The fourth-order valence-electron chi connectivity index (χ4n) is 8.99. The summed E-state index contributed by atoms with van der Waals surface area (Å²) in [5, 5.41) is 4.79. The van der Waals surface area contributed by atoms with E-state index in [1.807, 2.05) is 6.92 Å². The first-order chi connectivity index (χ1) is 31.0. The highest BCUT2D eigenvalue weighted by Gasteiger charge is 2.45. The largest absolute Gasteiger partial charge is 0.491 e. The molecule has 0 aliphatic heterocycles. The maximum atomic E-state index is 13.2. The van der Waals surface area contributed by atoms with E-state index in [1.165, 1.54) is 21.5 Å². The van der Waals surface area contributed by atoms with Gasteiger partial charge < -0.3 is 23.1 Å². The number of benzene rings is 8. The van der Waals surface area contributed by atoms with Crippen molar-refractivity contribution in [3.8, 4) is 16.9 Å². The topological polar surface area (TPSA) is 42.0 Å². The van der Waals surface area contributed by atoms with E-state index in [0.717, 1.165) is 70.3 Å². The highest BCUT2D eigenvalue weighted by atomic mass is 28.4. The molecule has 2 atom stereocenters. The van der Waals surface area contributed by atoms with Crippen LogP contribution in [0, 0.1) is 0 Å². The van der Waals surface area contributed by atoms with Crippen LogP contribution in [0.15, 0.2) is 188 Å². The van der Waals surface area contributed by atoms with Crippen molar-refractivity contribution in [3.05, 3.63) is 188 Å². The summed E-state index contributed by atoms with van der Waals surface area (Å²) in [6, 6.07) is 67.8. The zero-order chi connectivity index (χ0) is 44.7. The fraction of sp³-hybridized carbons (Fsp3) is 0.214. The summed E-state index contributed by atoms with van der Waals surface area (Å²) >= 11 is 0. The van der Waals surface area contributed by atoms with Gasteiger partial charge in [-0.2, -0.15) is 0 Å². The number of hydrogen-bond acceptors (Lipinski definition) is 5. The molecule has 0 saturated carbocycles. The molecule has 0 saturated heterocycles. The van der Waals surface area contributed by atoms with Gasteiger partial charge in [0.05, 0.1) is 11.4 Å². The summed E-state index contributed by atoms with van der Waals surface area (Å²) in [4.78, 5) is 4.69. The predicted molar refractivity (Wildman–Crippen MR) is 278 cm³/mol. The second-order valence-electron chi connectivity index (χ2n) is 17.9. The summed E-state index contributed by atoms with van der Waals surface area (Å²) in [5.74, 6) is 0.821. The lowest BCUT2D eigenvalue weighted by Gasteiger charge is -2.40. The average molecular weight is 893 g/mol. The number of anilines is 6. The molecule has 64 heavy (non-hydrogen) atoms. The Bertz CT molecular complexity index is 2800. The van der Waals surface area contributed by atoms with Gasteiger partial charge in [0.1, 0.15) is 11.5 Å². The molecule has 0 aromatic heterocycles. The van der Waals surface area contributed by atoms with E-state index in [0.29, 0.717) is 11.7 Å². The van der Waals surface area contributed by atoms with Crippen molar-refractivity contribution in [2.45, 2.75) is 76.7 Å². The zero-order valence-electron chi connectivity index (χ0n) is 38.1. The van der Waals surface area contributed by atoms with Crippen LogP contribution in [0.5, 0.6) is 5.75 Å². The molecule has 2 unspecified atom stereocenters. The second-order valence-corrected chi connectivity index (χ2v) is 29.4. The Morgan fingerprint density at radius 1 is 0.516 bits per heavy atom. The summed E-state index contributed by atoms with van der Waals surface area (Å²) in [6.45, 7) is 13.2. The predicted octanol–water partition coefficient (Wildman–Crippen LogP) is 16.5. The Balaban J connectivity index is 1.12. The summed E-state index contributed by atoms with van der Waals surface area (Å²) in [5.41, 5.74) is 9.43. The average Bonchev–Trinajstić information content (AvgIpc) is 3.31. The first-order valence-electron chi connectivity index (χ1n) is 22.8. The molecule has 0 fully saturated rings. The van der Waals surface area contributed by atoms with Crippen molar-refractivity contribution in [1.29, 1.82) is 0 Å². The summed E-state index contributed by atoms with van der Waals surface area (Å²) < 4.78 is 27.2.